The Labute approximate surface area is 118 Å². The summed E-state index contributed by atoms with van der Waals surface area (Å²) in [5.74, 6) is 0.979. The van der Waals surface area contributed by atoms with Crippen molar-refractivity contribution in [1.82, 2.24) is 9.88 Å². The molecule has 0 spiro atoms. The van der Waals surface area contributed by atoms with Gasteiger partial charge in [-0.15, -0.1) is 0 Å². The van der Waals surface area contributed by atoms with Gasteiger partial charge in [0.2, 0.25) is 0 Å². The standard InChI is InChI=1S/C16H29N3/c1-6-19(7-2)12-8-11-17-15-10-9-14(13-18-15)16(3,4)5/h9-10,13H,6-8,11-12H2,1-5H3,(H,17,18). The Morgan fingerprint density at radius 2 is 1.84 bits per heavy atom. The van der Waals surface area contributed by atoms with E-state index in [0.717, 1.165) is 38.4 Å². The van der Waals surface area contributed by atoms with Crippen molar-refractivity contribution in [3.63, 3.8) is 0 Å². The van der Waals surface area contributed by atoms with Gasteiger partial charge in [-0.05, 0) is 43.1 Å². The van der Waals surface area contributed by atoms with Gasteiger partial charge in [0.05, 0.1) is 0 Å². The predicted octanol–water partition coefficient (Wildman–Crippen LogP) is 3.52. The second-order valence-electron chi connectivity index (χ2n) is 5.99. The van der Waals surface area contributed by atoms with Crippen LogP contribution in [0.1, 0.15) is 46.6 Å². The number of aromatic nitrogens is 1. The van der Waals surface area contributed by atoms with Crippen LogP contribution in [0.3, 0.4) is 0 Å². The molecule has 1 rings (SSSR count). The summed E-state index contributed by atoms with van der Waals surface area (Å²) in [6.45, 7) is 15.5. The number of anilines is 1. The highest BCUT2D eigenvalue weighted by atomic mass is 15.1. The Kier molecular flexibility index (Phi) is 6.29. The molecule has 0 bridgehead atoms. The molecule has 0 aliphatic carbocycles. The lowest BCUT2D eigenvalue weighted by Crippen LogP contribution is -2.25. The van der Waals surface area contributed by atoms with E-state index in [1.807, 2.05) is 6.20 Å². The van der Waals surface area contributed by atoms with Crippen molar-refractivity contribution in [3.05, 3.63) is 23.9 Å². The molecule has 1 aromatic rings. The molecule has 0 saturated heterocycles. The number of rotatable bonds is 7. The summed E-state index contributed by atoms with van der Waals surface area (Å²) in [6, 6.07) is 4.25. The first-order valence-electron chi connectivity index (χ1n) is 7.40. The van der Waals surface area contributed by atoms with Crippen LogP contribution in [0.15, 0.2) is 18.3 Å². The second kappa shape index (κ2) is 7.49. The molecule has 1 N–H and O–H groups in total. The van der Waals surface area contributed by atoms with Gasteiger partial charge in [0.25, 0.3) is 0 Å². The minimum absolute atomic E-state index is 0.175. The highest BCUT2D eigenvalue weighted by Crippen LogP contribution is 2.21. The molecule has 3 heteroatoms. The van der Waals surface area contributed by atoms with Gasteiger partial charge in [-0.3, -0.25) is 0 Å². The zero-order valence-corrected chi connectivity index (χ0v) is 13.2. The van der Waals surface area contributed by atoms with Gasteiger partial charge in [0.15, 0.2) is 0 Å². The molecule has 0 fully saturated rings. The maximum atomic E-state index is 4.48. The maximum Gasteiger partial charge on any atom is 0.125 e. The van der Waals surface area contributed by atoms with Crippen LogP contribution in [0.5, 0.6) is 0 Å². The SMILES string of the molecule is CCN(CC)CCCNc1ccc(C(C)(C)C)cn1. The number of hydrogen-bond acceptors (Lipinski definition) is 3. The van der Waals surface area contributed by atoms with Crippen molar-refractivity contribution in [2.75, 3.05) is 31.5 Å². The van der Waals surface area contributed by atoms with E-state index in [0.29, 0.717) is 0 Å². The van der Waals surface area contributed by atoms with E-state index in [4.69, 9.17) is 0 Å². The lowest BCUT2D eigenvalue weighted by atomic mass is 9.88. The van der Waals surface area contributed by atoms with Crippen LogP contribution < -0.4 is 5.32 Å². The fraction of sp³-hybridized carbons (Fsp3) is 0.688. The van der Waals surface area contributed by atoms with E-state index in [1.165, 1.54) is 5.56 Å². The van der Waals surface area contributed by atoms with Gasteiger partial charge < -0.3 is 10.2 Å². The van der Waals surface area contributed by atoms with Crippen molar-refractivity contribution in [2.45, 2.75) is 46.5 Å². The van der Waals surface area contributed by atoms with Gasteiger partial charge in [0, 0.05) is 12.7 Å². The van der Waals surface area contributed by atoms with Crippen molar-refractivity contribution in [1.29, 1.82) is 0 Å². The summed E-state index contributed by atoms with van der Waals surface area (Å²) in [7, 11) is 0. The Hall–Kier alpha value is -1.09. The van der Waals surface area contributed by atoms with E-state index in [2.05, 4.69) is 62.0 Å². The molecule has 108 valence electrons. The first kappa shape index (κ1) is 16.0. The fourth-order valence-corrected chi connectivity index (χ4v) is 2.00. The third kappa shape index (κ3) is 5.60. The van der Waals surface area contributed by atoms with Gasteiger partial charge >= 0.3 is 0 Å². The monoisotopic (exact) mass is 263 g/mol. The lowest BCUT2D eigenvalue weighted by Gasteiger charge is -2.19. The Balaban J connectivity index is 2.34. The third-order valence-electron chi connectivity index (χ3n) is 3.48. The second-order valence-corrected chi connectivity index (χ2v) is 5.99. The van der Waals surface area contributed by atoms with Crippen molar-refractivity contribution in [3.8, 4) is 0 Å². The number of nitrogens with one attached hydrogen (secondary N) is 1. The lowest BCUT2D eigenvalue weighted by molar-refractivity contribution is 0.303. The summed E-state index contributed by atoms with van der Waals surface area (Å²) in [4.78, 5) is 6.92. The van der Waals surface area contributed by atoms with E-state index in [-0.39, 0.29) is 5.41 Å². The Bertz CT molecular complexity index is 347. The van der Waals surface area contributed by atoms with Gasteiger partial charge in [-0.1, -0.05) is 40.7 Å². The quantitative estimate of drug-likeness (QED) is 0.763. The Morgan fingerprint density at radius 3 is 2.32 bits per heavy atom. The molecule has 0 radical (unpaired) electrons. The third-order valence-corrected chi connectivity index (χ3v) is 3.48. The number of pyridine rings is 1. The van der Waals surface area contributed by atoms with Crippen LogP contribution in [0.25, 0.3) is 0 Å². The van der Waals surface area contributed by atoms with Crippen molar-refractivity contribution < 1.29 is 0 Å². The van der Waals surface area contributed by atoms with Gasteiger partial charge in [-0.25, -0.2) is 4.98 Å². The molecule has 0 aromatic carbocycles. The molecule has 0 unspecified atom stereocenters. The normalized spacial score (nSPS) is 11.9. The zero-order chi connectivity index (χ0) is 14.3. The van der Waals surface area contributed by atoms with E-state index < -0.39 is 0 Å². The Morgan fingerprint density at radius 1 is 1.16 bits per heavy atom. The zero-order valence-electron chi connectivity index (χ0n) is 13.2. The van der Waals surface area contributed by atoms with Crippen LogP contribution >= 0.6 is 0 Å². The summed E-state index contributed by atoms with van der Waals surface area (Å²) in [5, 5.41) is 3.39. The van der Waals surface area contributed by atoms with Gasteiger partial charge in [-0.2, -0.15) is 0 Å². The van der Waals surface area contributed by atoms with E-state index in [9.17, 15) is 0 Å². The minimum atomic E-state index is 0.175. The molecule has 0 atom stereocenters. The van der Waals surface area contributed by atoms with E-state index >= 15 is 0 Å². The molecule has 1 aromatic heterocycles. The molecule has 19 heavy (non-hydrogen) atoms. The topological polar surface area (TPSA) is 28.2 Å². The van der Waals surface area contributed by atoms with Crippen molar-refractivity contribution >= 4 is 5.82 Å². The smallest absolute Gasteiger partial charge is 0.125 e. The van der Waals surface area contributed by atoms with Crippen LogP contribution in [0.4, 0.5) is 5.82 Å². The largest absolute Gasteiger partial charge is 0.370 e. The predicted molar refractivity (Wildman–Crippen MR) is 83.8 cm³/mol. The summed E-state index contributed by atoms with van der Waals surface area (Å²) < 4.78 is 0. The molecule has 1 heterocycles. The molecular weight excluding hydrogens is 234 g/mol. The van der Waals surface area contributed by atoms with Gasteiger partial charge in [0.1, 0.15) is 5.82 Å². The van der Waals surface area contributed by atoms with Crippen LogP contribution in [0, 0.1) is 0 Å². The molecule has 0 aliphatic rings. The first-order valence-corrected chi connectivity index (χ1v) is 7.40. The summed E-state index contributed by atoms with van der Waals surface area (Å²) in [5.41, 5.74) is 1.45. The minimum Gasteiger partial charge on any atom is -0.370 e. The van der Waals surface area contributed by atoms with Crippen LogP contribution in [-0.4, -0.2) is 36.1 Å². The average molecular weight is 263 g/mol. The first-order chi connectivity index (χ1) is 8.97. The molecule has 0 amide bonds. The fourth-order valence-electron chi connectivity index (χ4n) is 2.00. The summed E-state index contributed by atoms with van der Waals surface area (Å²) in [6.07, 6.45) is 3.14. The molecule has 0 aliphatic heterocycles. The summed E-state index contributed by atoms with van der Waals surface area (Å²) >= 11 is 0. The highest BCUT2D eigenvalue weighted by molar-refractivity contribution is 5.36. The molecular formula is C16H29N3. The van der Waals surface area contributed by atoms with Crippen LogP contribution in [0.2, 0.25) is 0 Å². The number of nitrogens with zero attached hydrogens (tertiary/aromatic N) is 2. The highest BCUT2D eigenvalue weighted by Gasteiger charge is 2.13. The van der Waals surface area contributed by atoms with Crippen LogP contribution in [-0.2, 0) is 5.41 Å². The number of hydrogen-bond donors (Lipinski definition) is 1. The maximum absolute atomic E-state index is 4.48. The van der Waals surface area contributed by atoms with E-state index in [1.54, 1.807) is 0 Å². The van der Waals surface area contributed by atoms with Crippen molar-refractivity contribution in [2.24, 2.45) is 0 Å². The average Bonchev–Trinajstić information content (AvgIpc) is 2.38. The molecule has 3 nitrogen and oxygen atoms in total. The molecule has 0 saturated carbocycles.